The van der Waals surface area contributed by atoms with E-state index in [0.717, 1.165) is 25.7 Å². The van der Waals surface area contributed by atoms with Gasteiger partial charge in [0.05, 0.1) is 11.3 Å². The third-order valence-corrected chi connectivity index (χ3v) is 3.78. The molecule has 0 radical (unpaired) electrons. The van der Waals surface area contributed by atoms with E-state index in [1.807, 2.05) is 6.92 Å². The topological polar surface area (TPSA) is 72.2 Å². The van der Waals surface area contributed by atoms with Crippen LogP contribution in [0.1, 0.15) is 46.5 Å². The lowest BCUT2D eigenvalue weighted by Gasteiger charge is -2.44. The van der Waals surface area contributed by atoms with Crippen LogP contribution in [0.2, 0.25) is 0 Å². The highest BCUT2D eigenvalue weighted by Gasteiger charge is 2.51. The van der Waals surface area contributed by atoms with Crippen LogP contribution >= 0.6 is 0 Å². The van der Waals surface area contributed by atoms with Gasteiger partial charge >= 0.3 is 0 Å². The van der Waals surface area contributed by atoms with E-state index < -0.39 is 5.41 Å². The molecule has 1 rings (SSSR count). The van der Waals surface area contributed by atoms with Crippen LogP contribution in [0.4, 0.5) is 0 Å². The van der Waals surface area contributed by atoms with E-state index in [4.69, 9.17) is 5.73 Å². The van der Waals surface area contributed by atoms with Crippen molar-refractivity contribution in [1.29, 1.82) is 0 Å². The summed E-state index contributed by atoms with van der Waals surface area (Å²) in [4.78, 5) is 23.8. The maximum absolute atomic E-state index is 12.1. The van der Waals surface area contributed by atoms with Crippen molar-refractivity contribution in [3.63, 3.8) is 0 Å². The number of carbonyl (C=O) groups excluding carboxylic acids is 2. The molecule has 0 spiro atoms. The number of nitrogens with two attached hydrogens (primary N) is 1. The Balaban J connectivity index is 2.88. The minimum Gasteiger partial charge on any atom is -0.369 e. The van der Waals surface area contributed by atoms with Gasteiger partial charge in [-0.15, -0.1) is 0 Å². The first-order valence-corrected chi connectivity index (χ1v) is 6.51. The standard InChI is InChI=1S/C13H24N2O2/c1-4-15-11(16)10(8-9(2)3)13(12(14)17)6-5-7-13/h9-10H,4-8H2,1-3H3,(H2,14,17)(H,15,16). The van der Waals surface area contributed by atoms with E-state index in [-0.39, 0.29) is 17.7 Å². The maximum atomic E-state index is 12.1. The number of carbonyl (C=O) groups is 2. The van der Waals surface area contributed by atoms with Crippen LogP contribution in [0.3, 0.4) is 0 Å². The molecule has 1 atom stereocenters. The van der Waals surface area contributed by atoms with Crippen molar-refractivity contribution in [2.45, 2.75) is 46.5 Å². The number of primary amides is 1. The fourth-order valence-corrected chi connectivity index (χ4v) is 2.68. The molecular weight excluding hydrogens is 216 g/mol. The van der Waals surface area contributed by atoms with Crippen LogP contribution in [0.5, 0.6) is 0 Å². The molecule has 0 aromatic carbocycles. The average Bonchev–Trinajstić information content (AvgIpc) is 2.13. The van der Waals surface area contributed by atoms with Gasteiger partial charge < -0.3 is 11.1 Å². The minimum atomic E-state index is -0.580. The van der Waals surface area contributed by atoms with E-state index >= 15 is 0 Å². The number of amides is 2. The van der Waals surface area contributed by atoms with E-state index in [9.17, 15) is 9.59 Å². The fourth-order valence-electron chi connectivity index (χ4n) is 2.68. The summed E-state index contributed by atoms with van der Waals surface area (Å²) in [5, 5.41) is 2.83. The van der Waals surface area contributed by atoms with Crippen LogP contribution in [0.25, 0.3) is 0 Å². The summed E-state index contributed by atoms with van der Waals surface area (Å²) >= 11 is 0. The van der Waals surface area contributed by atoms with Gasteiger partial charge in [0.25, 0.3) is 0 Å². The SMILES string of the molecule is CCNC(=O)C(CC(C)C)C1(C(N)=O)CCC1. The van der Waals surface area contributed by atoms with E-state index in [0.29, 0.717) is 12.5 Å². The van der Waals surface area contributed by atoms with Gasteiger partial charge in [0.2, 0.25) is 11.8 Å². The Morgan fingerprint density at radius 1 is 1.35 bits per heavy atom. The predicted molar refractivity (Wildman–Crippen MR) is 67.1 cm³/mol. The highest BCUT2D eigenvalue weighted by Crippen LogP contribution is 2.49. The van der Waals surface area contributed by atoms with Gasteiger partial charge in [-0.3, -0.25) is 9.59 Å². The summed E-state index contributed by atoms with van der Waals surface area (Å²) in [5.41, 5.74) is 4.94. The Morgan fingerprint density at radius 2 is 1.94 bits per heavy atom. The summed E-state index contributed by atoms with van der Waals surface area (Å²) in [7, 11) is 0. The zero-order valence-corrected chi connectivity index (χ0v) is 11.1. The Kier molecular flexibility index (Phi) is 4.54. The zero-order chi connectivity index (χ0) is 13.1. The number of nitrogens with one attached hydrogen (secondary N) is 1. The lowest BCUT2D eigenvalue weighted by Crippen LogP contribution is -2.53. The molecule has 0 aromatic heterocycles. The van der Waals surface area contributed by atoms with E-state index in [2.05, 4.69) is 19.2 Å². The van der Waals surface area contributed by atoms with Gasteiger partial charge in [0.15, 0.2) is 0 Å². The van der Waals surface area contributed by atoms with Crippen LogP contribution < -0.4 is 11.1 Å². The van der Waals surface area contributed by atoms with Crippen molar-refractivity contribution in [2.75, 3.05) is 6.54 Å². The number of hydrogen-bond acceptors (Lipinski definition) is 2. The molecule has 2 amide bonds. The highest BCUT2D eigenvalue weighted by atomic mass is 16.2. The molecular formula is C13H24N2O2. The van der Waals surface area contributed by atoms with Crippen LogP contribution in [-0.2, 0) is 9.59 Å². The van der Waals surface area contributed by atoms with Crippen molar-refractivity contribution < 1.29 is 9.59 Å². The Morgan fingerprint density at radius 3 is 2.24 bits per heavy atom. The van der Waals surface area contributed by atoms with Gasteiger partial charge in [0, 0.05) is 6.54 Å². The van der Waals surface area contributed by atoms with Crippen LogP contribution in [-0.4, -0.2) is 18.4 Å². The molecule has 17 heavy (non-hydrogen) atoms. The summed E-state index contributed by atoms with van der Waals surface area (Å²) in [6.07, 6.45) is 3.25. The molecule has 4 nitrogen and oxygen atoms in total. The van der Waals surface area contributed by atoms with Crippen molar-refractivity contribution >= 4 is 11.8 Å². The second-order valence-corrected chi connectivity index (χ2v) is 5.45. The second kappa shape index (κ2) is 5.52. The van der Waals surface area contributed by atoms with Crippen molar-refractivity contribution in [1.82, 2.24) is 5.32 Å². The quantitative estimate of drug-likeness (QED) is 0.737. The summed E-state index contributed by atoms with van der Waals surface area (Å²) in [5.74, 6) is -0.187. The molecule has 1 saturated carbocycles. The van der Waals surface area contributed by atoms with Gasteiger partial charge in [0.1, 0.15) is 0 Å². The predicted octanol–water partition coefficient (Wildman–Crippen LogP) is 1.44. The van der Waals surface area contributed by atoms with Crippen molar-refractivity contribution in [2.24, 2.45) is 23.0 Å². The average molecular weight is 240 g/mol. The van der Waals surface area contributed by atoms with Crippen molar-refractivity contribution in [3.05, 3.63) is 0 Å². The van der Waals surface area contributed by atoms with Crippen LogP contribution in [0, 0.1) is 17.3 Å². The second-order valence-electron chi connectivity index (χ2n) is 5.45. The third kappa shape index (κ3) is 2.79. The molecule has 0 aromatic rings. The minimum absolute atomic E-state index is 0.0142. The molecule has 1 fully saturated rings. The van der Waals surface area contributed by atoms with Gasteiger partial charge in [-0.2, -0.15) is 0 Å². The van der Waals surface area contributed by atoms with Gasteiger partial charge in [-0.05, 0) is 32.1 Å². The highest BCUT2D eigenvalue weighted by molar-refractivity contribution is 5.90. The Hall–Kier alpha value is -1.06. The monoisotopic (exact) mass is 240 g/mol. The summed E-state index contributed by atoms with van der Waals surface area (Å²) < 4.78 is 0. The van der Waals surface area contributed by atoms with Crippen LogP contribution in [0.15, 0.2) is 0 Å². The lowest BCUT2D eigenvalue weighted by atomic mass is 9.58. The largest absolute Gasteiger partial charge is 0.369 e. The molecule has 0 saturated heterocycles. The molecule has 1 aliphatic carbocycles. The summed E-state index contributed by atoms with van der Waals surface area (Å²) in [6.45, 7) is 6.63. The Bertz CT molecular complexity index is 296. The first-order chi connectivity index (χ1) is 7.94. The molecule has 0 heterocycles. The maximum Gasteiger partial charge on any atom is 0.224 e. The van der Waals surface area contributed by atoms with Gasteiger partial charge in [-0.25, -0.2) is 0 Å². The third-order valence-electron chi connectivity index (χ3n) is 3.78. The molecule has 3 N–H and O–H groups in total. The fraction of sp³-hybridized carbons (Fsp3) is 0.846. The smallest absolute Gasteiger partial charge is 0.224 e. The summed E-state index contributed by atoms with van der Waals surface area (Å²) in [6, 6.07) is 0. The van der Waals surface area contributed by atoms with E-state index in [1.165, 1.54) is 0 Å². The Labute approximate surface area is 103 Å². The number of hydrogen-bond donors (Lipinski definition) is 2. The molecule has 98 valence electrons. The lowest BCUT2D eigenvalue weighted by molar-refractivity contribution is -0.147. The van der Waals surface area contributed by atoms with E-state index in [1.54, 1.807) is 0 Å². The normalized spacial score (nSPS) is 19.5. The first kappa shape index (κ1) is 14.0. The molecule has 1 aliphatic rings. The number of rotatable bonds is 6. The molecule has 4 heteroatoms. The molecule has 0 aliphatic heterocycles. The van der Waals surface area contributed by atoms with Crippen molar-refractivity contribution in [3.8, 4) is 0 Å². The first-order valence-electron chi connectivity index (χ1n) is 6.51. The molecule has 1 unspecified atom stereocenters. The molecule has 0 bridgehead atoms. The van der Waals surface area contributed by atoms with Gasteiger partial charge in [-0.1, -0.05) is 20.3 Å². The zero-order valence-electron chi connectivity index (χ0n) is 11.1.